The van der Waals surface area contributed by atoms with E-state index < -0.39 is 5.91 Å². The van der Waals surface area contributed by atoms with Gasteiger partial charge < -0.3 is 0 Å². The number of hydrazone groups is 1. The summed E-state index contributed by atoms with van der Waals surface area (Å²) < 4.78 is 1.37. The van der Waals surface area contributed by atoms with Gasteiger partial charge in [0.1, 0.15) is 0 Å². The molecule has 3 aromatic rings. The number of fused-ring (bicyclic) bond motifs is 1. The number of carbonyl (C=O) groups is 1. The van der Waals surface area contributed by atoms with Crippen LogP contribution in [-0.4, -0.2) is 21.4 Å². The number of amides is 1. The van der Waals surface area contributed by atoms with Crippen LogP contribution in [-0.2, 0) is 6.54 Å². The Hall–Kier alpha value is -3.28. The lowest BCUT2D eigenvalue weighted by Gasteiger charge is -2.10. The highest BCUT2D eigenvalue weighted by atomic mass is 16.2. The van der Waals surface area contributed by atoms with Crippen molar-refractivity contribution in [1.29, 1.82) is 0 Å². The molecule has 6 nitrogen and oxygen atoms in total. The van der Waals surface area contributed by atoms with Crippen molar-refractivity contribution >= 4 is 22.4 Å². The third-order valence-corrected chi connectivity index (χ3v) is 4.67. The number of unbranched alkanes of at least 4 members (excludes halogenated alkanes) is 1. The molecule has 1 amide bonds. The van der Waals surface area contributed by atoms with E-state index in [9.17, 15) is 9.59 Å². The summed E-state index contributed by atoms with van der Waals surface area (Å²) in [7, 11) is 0. The topological polar surface area (TPSA) is 76.3 Å². The molecule has 0 aliphatic carbocycles. The molecule has 144 valence electrons. The molecule has 1 N–H and O–H groups in total. The predicted octanol–water partition coefficient (Wildman–Crippen LogP) is 3.66. The first kappa shape index (κ1) is 19.5. The number of hydrogen-bond donors (Lipinski definition) is 1. The van der Waals surface area contributed by atoms with Gasteiger partial charge in [0.2, 0.25) is 0 Å². The van der Waals surface area contributed by atoms with Crippen molar-refractivity contribution in [3.63, 3.8) is 0 Å². The molecular weight excluding hydrogens is 352 g/mol. The minimum absolute atomic E-state index is 0.180. The van der Waals surface area contributed by atoms with Crippen LogP contribution in [0.3, 0.4) is 0 Å². The average Bonchev–Trinajstić information content (AvgIpc) is 2.72. The Morgan fingerprint density at radius 2 is 1.79 bits per heavy atom. The van der Waals surface area contributed by atoms with Crippen LogP contribution in [0.5, 0.6) is 0 Å². The number of nitrogens with zero attached hydrogens (tertiary/aromatic N) is 3. The van der Waals surface area contributed by atoms with Gasteiger partial charge >= 0.3 is 0 Å². The van der Waals surface area contributed by atoms with Crippen molar-refractivity contribution in [3.8, 4) is 0 Å². The van der Waals surface area contributed by atoms with Crippen LogP contribution in [0.2, 0.25) is 0 Å². The molecule has 6 heteroatoms. The largest absolute Gasteiger partial charge is 0.292 e. The van der Waals surface area contributed by atoms with Crippen molar-refractivity contribution in [2.45, 2.75) is 40.2 Å². The highest BCUT2D eigenvalue weighted by Gasteiger charge is 2.16. The molecule has 1 aromatic heterocycles. The van der Waals surface area contributed by atoms with E-state index in [1.807, 2.05) is 45.0 Å². The number of hydrogen-bond acceptors (Lipinski definition) is 4. The van der Waals surface area contributed by atoms with Gasteiger partial charge in [-0.25, -0.2) is 10.1 Å². The summed E-state index contributed by atoms with van der Waals surface area (Å²) in [6.45, 7) is 6.36. The molecule has 0 spiro atoms. The van der Waals surface area contributed by atoms with Gasteiger partial charge in [-0.1, -0.05) is 55.8 Å². The summed E-state index contributed by atoms with van der Waals surface area (Å²) in [4.78, 5) is 25.5. The van der Waals surface area contributed by atoms with Crippen LogP contribution in [0.25, 0.3) is 10.8 Å². The molecule has 3 rings (SSSR count). The molecule has 0 aliphatic rings. The SMILES string of the molecule is CCCCn1nc(C(=O)N/N=C(/C)c2ccccc2C)c2ccccc2c1=O. The molecule has 0 aliphatic heterocycles. The second-order valence-corrected chi connectivity index (χ2v) is 6.73. The Bertz CT molecular complexity index is 1100. The average molecular weight is 376 g/mol. The first-order chi connectivity index (χ1) is 13.5. The second-order valence-electron chi connectivity index (χ2n) is 6.73. The predicted molar refractivity (Wildman–Crippen MR) is 112 cm³/mol. The van der Waals surface area contributed by atoms with Crippen LogP contribution in [0.15, 0.2) is 58.4 Å². The lowest BCUT2D eigenvalue weighted by atomic mass is 10.1. The number of rotatable bonds is 6. The fourth-order valence-electron chi connectivity index (χ4n) is 3.09. The number of benzene rings is 2. The van der Waals surface area contributed by atoms with Gasteiger partial charge in [-0.3, -0.25) is 9.59 Å². The van der Waals surface area contributed by atoms with Crippen LogP contribution in [0, 0.1) is 6.92 Å². The van der Waals surface area contributed by atoms with Crippen LogP contribution < -0.4 is 11.0 Å². The van der Waals surface area contributed by atoms with Gasteiger partial charge in [-0.05, 0) is 31.9 Å². The smallest absolute Gasteiger partial charge is 0.267 e. The third-order valence-electron chi connectivity index (χ3n) is 4.67. The first-order valence-corrected chi connectivity index (χ1v) is 9.43. The first-order valence-electron chi connectivity index (χ1n) is 9.43. The minimum atomic E-state index is -0.436. The number of nitrogens with one attached hydrogen (secondary N) is 1. The Morgan fingerprint density at radius 3 is 2.50 bits per heavy atom. The molecule has 2 aromatic carbocycles. The van der Waals surface area contributed by atoms with E-state index in [0.717, 1.165) is 24.0 Å². The molecule has 0 bridgehead atoms. The van der Waals surface area contributed by atoms with Gasteiger partial charge in [-0.2, -0.15) is 10.2 Å². The van der Waals surface area contributed by atoms with Crippen molar-refractivity contribution in [2.75, 3.05) is 0 Å². The van der Waals surface area contributed by atoms with Crippen molar-refractivity contribution in [1.82, 2.24) is 15.2 Å². The van der Waals surface area contributed by atoms with E-state index in [0.29, 0.717) is 23.0 Å². The second kappa shape index (κ2) is 8.61. The molecule has 0 unspecified atom stereocenters. The summed E-state index contributed by atoms with van der Waals surface area (Å²) in [6.07, 6.45) is 1.75. The van der Waals surface area contributed by atoms with Crippen LogP contribution in [0.4, 0.5) is 0 Å². The van der Waals surface area contributed by atoms with E-state index in [-0.39, 0.29) is 11.3 Å². The van der Waals surface area contributed by atoms with Gasteiger partial charge in [0, 0.05) is 17.5 Å². The van der Waals surface area contributed by atoms with Crippen molar-refractivity contribution in [2.24, 2.45) is 5.10 Å². The lowest BCUT2D eigenvalue weighted by Crippen LogP contribution is -2.29. The summed E-state index contributed by atoms with van der Waals surface area (Å²) in [5.41, 5.74) is 5.36. The Morgan fingerprint density at radius 1 is 1.11 bits per heavy atom. The van der Waals surface area contributed by atoms with Crippen LogP contribution >= 0.6 is 0 Å². The number of aromatic nitrogens is 2. The molecule has 0 radical (unpaired) electrons. The molecule has 0 fully saturated rings. The minimum Gasteiger partial charge on any atom is -0.267 e. The van der Waals surface area contributed by atoms with E-state index in [2.05, 4.69) is 15.6 Å². The summed E-state index contributed by atoms with van der Waals surface area (Å²) in [6, 6.07) is 14.9. The van der Waals surface area contributed by atoms with Gasteiger partial charge in [-0.15, -0.1) is 0 Å². The molecular formula is C22H24N4O2. The maximum absolute atomic E-state index is 12.8. The molecule has 0 saturated carbocycles. The standard InChI is InChI=1S/C22H24N4O2/c1-4-5-14-26-22(28)19-13-9-8-12-18(19)20(25-26)21(27)24-23-16(3)17-11-7-6-10-15(17)2/h6-13H,4-5,14H2,1-3H3,(H,24,27)/b23-16-. The van der Waals surface area contributed by atoms with E-state index in [4.69, 9.17) is 0 Å². The summed E-state index contributed by atoms with van der Waals surface area (Å²) >= 11 is 0. The maximum Gasteiger partial charge on any atom is 0.292 e. The van der Waals surface area contributed by atoms with Gasteiger partial charge in [0.15, 0.2) is 5.69 Å². The molecule has 1 heterocycles. The lowest BCUT2D eigenvalue weighted by molar-refractivity contribution is 0.0949. The highest BCUT2D eigenvalue weighted by Crippen LogP contribution is 2.14. The van der Waals surface area contributed by atoms with E-state index >= 15 is 0 Å². The number of carbonyl (C=O) groups excluding carboxylic acids is 1. The zero-order valence-electron chi connectivity index (χ0n) is 16.4. The Kier molecular flexibility index (Phi) is 5.99. The molecule has 0 saturated heterocycles. The van der Waals surface area contributed by atoms with Gasteiger partial charge in [0.25, 0.3) is 11.5 Å². The highest BCUT2D eigenvalue weighted by molar-refractivity contribution is 6.06. The Balaban J connectivity index is 1.97. The fourth-order valence-corrected chi connectivity index (χ4v) is 3.09. The zero-order chi connectivity index (χ0) is 20.1. The van der Waals surface area contributed by atoms with E-state index in [1.54, 1.807) is 24.3 Å². The van der Waals surface area contributed by atoms with Crippen LogP contribution in [0.1, 0.15) is 48.3 Å². The summed E-state index contributed by atoms with van der Waals surface area (Å²) in [5, 5.41) is 9.59. The fraction of sp³-hybridized carbons (Fsp3) is 0.273. The number of aryl methyl sites for hydroxylation is 2. The quantitative estimate of drug-likeness (QED) is 0.527. The van der Waals surface area contributed by atoms with Crippen molar-refractivity contribution in [3.05, 3.63) is 75.7 Å². The normalized spacial score (nSPS) is 11.6. The monoisotopic (exact) mass is 376 g/mol. The maximum atomic E-state index is 12.8. The summed E-state index contributed by atoms with van der Waals surface area (Å²) in [5.74, 6) is -0.436. The van der Waals surface area contributed by atoms with E-state index in [1.165, 1.54) is 4.68 Å². The molecule has 28 heavy (non-hydrogen) atoms. The molecule has 0 atom stereocenters. The Labute approximate surface area is 163 Å². The van der Waals surface area contributed by atoms with Crippen molar-refractivity contribution < 1.29 is 4.79 Å². The third kappa shape index (κ3) is 4.01. The zero-order valence-corrected chi connectivity index (χ0v) is 16.4. The van der Waals surface area contributed by atoms with Gasteiger partial charge in [0.05, 0.1) is 11.1 Å².